The van der Waals surface area contributed by atoms with E-state index < -0.39 is 0 Å². The maximum absolute atomic E-state index is 13.2. The SMILES string of the molecule is CNCCOc1ccc(Cn2ccc3cc(-c4cc(C(=O)NC5CC5)ccc4C)ccc3c2=O)cc1. The highest BCUT2D eigenvalue weighted by Gasteiger charge is 2.24. The summed E-state index contributed by atoms with van der Waals surface area (Å²) in [5, 5.41) is 7.67. The number of hydrogen-bond acceptors (Lipinski definition) is 4. The van der Waals surface area contributed by atoms with Crippen molar-refractivity contribution in [1.82, 2.24) is 15.2 Å². The normalized spacial score (nSPS) is 13.1. The molecule has 0 aliphatic heterocycles. The lowest BCUT2D eigenvalue weighted by atomic mass is 9.96. The van der Waals surface area contributed by atoms with Crippen molar-refractivity contribution < 1.29 is 9.53 Å². The standard InChI is InChI=1S/C30H31N3O3/c1-20-3-6-24(29(34)32-25-8-9-25)18-28(20)22-7-12-27-23(17-22)13-15-33(30(27)35)19-21-4-10-26(11-5-21)36-16-14-31-2/h3-7,10-13,15,17-18,25,31H,8-9,14,16,19H2,1-2H3,(H,32,34). The van der Waals surface area contributed by atoms with E-state index in [9.17, 15) is 9.59 Å². The molecule has 184 valence electrons. The van der Waals surface area contributed by atoms with Gasteiger partial charge in [-0.1, -0.05) is 24.3 Å². The van der Waals surface area contributed by atoms with Crippen LogP contribution in [0.4, 0.5) is 0 Å². The lowest BCUT2D eigenvalue weighted by molar-refractivity contribution is 0.0951. The lowest BCUT2D eigenvalue weighted by Gasteiger charge is -2.12. The molecule has 1 saturated carbocycles. The highest BCUT2D eigenvalue weighted by Crippen LogP contribution is 2.28. The van der Waals surface area contributed by atoms with Gasteiger partial charge in [-0.2, -0.15) is 0 Å². The van der Waals surface area contributed by atoms with E-state index in [1.54, 1.807) is 4.57 Å². The van der Waals surface area contributed by atoms with Crippen molar-refractivity contribution in [3.05, 3.63) is 100.0 Å². The minimum Gasteiger partial charge on any atom is -0.492 e. The third-order valence-corrected chi connectivity index (χ3v) is 6.60. The van der Waals surface area contributed by atoms with Crippen LogP contribution in [0.2, 0.25) is 0 Å². The van der Waals surface area contributed by atoms with Gasteiger partial charge >= 0.3 is 0 Å². The van der Waals surface area contributed by atoms with Crippen molar-refractivity contribution in [3.63, 3.8) is 0 Å². The average molecular weight is 482 g/mol. The monoisotopic (exact) mass is 481 g/mol. The van der Waals surface area contributed by atoms with Gasteiger partial charge in [0.05, 0.1) is 6.54 Å². The molecule has 3 aromatic carbocycles. The summed E-state index contributed by atoms with van der Waals surface area (Å²) in [6.45, 7) is 3.93. The van der Waals surface area contributed by atoms with E-state index in [4.69, 9.17) is 4.74 Å². The van der Waals surface area contributed by atoms with Gasteiger partial charge in [-0.3, -0.25) is 9.59 Å². The van der Waals surface area contributed by atoms with Crippen LogP contribution in [0.5, 0.6) is 5.75 Å². The number of likely N-dealkylation sites (N-methyl/N-ethyl adjacent to an activating group) is 1. The fourth-order valence-electron chi connectivity index (χ4n) is 4.31. The maximum Gasteiger partial charge on any atom is 0.258 e. The summed E-state index contributed by atoms with van der Waals surface area (Å²) in [6.07, 6.45) is 3.96. The van der Waals surface area contributed by atoms with Crippen molar-refractivity contribution in [1.29, 1.82) is 0 Å². The number of benzene rings is 3. The van der Waals surface area contributed by atoms with Gasteiger partial charge in [-0.25, -0.2) is 0 Å². The second kappa shape index (κ2) is 10.4. The molecule has 1 aromatic heterocycles. The first-order valence-electron chi connectivity index (χ1n) is 12.4. The molecule has 0 saturated heterocycles. The molecule has 0 unspecified atom stereocenters. The third kappa shape index (κ3) is 5.34. The summed E-state index contributed by atoms with van der Waals surface area (Å²) in [5.74, 6) is 0.789. The molecule has 0 radical (unpaired) electrons. The molecule has 1 aliphatic rings. The molecule has 1 heterocycles. The Morgan fingerprint density at radius 3 is 2.58 bits per heavy atom. The topological polar surface area (TPSA) is 72.4 Å². The van der Waals surface area contributed by atoms with E-state index in [-0.39, 0.29) is 11.5 Å². The summed E-state index contributed by atoms with van der Waals surface area (Å²) in [5.41, 5.74) is 4.75. The van der Waals surface area contributed by atoms with Gasteiger partial charge in [-0.05, 0) is 96.9 Å². The lowest BCUT2D eigenvalue weighted by Crippen LogP contribution is -2.25. The molecule has 6 heteroatoms. The van der Waals surface area contributed by atoms with Crippen LogP contribution in [-0.4, -0.2) is 36.7 Å². The predicted octanol–water partition coefficient (Wildman–Crippen LogP) is 4.52. The van der Waals surface area contributed by atoms with Gasteiger partial charge in [-0.15, -0.1) is 0 Å². The largest absolute Gasteiger partial charge is 0.492 e. The number of carbonyl (C=O) groups excluding carboxylic acids is 1. The predicted molar refractivity (Wildman–Crippen MR) is 144 cm³/mol. The first kappa shape index (κ1) is 23.8. The van der Waals surface area contributed by atoms with Gasteiger partial charge in [0.1, 0.15) is 12.4 Å². The fraction of sp³-hybridized carbons (Fsp3) is 0.267. The minimum absolute atomic E-state index is 0.0253. The fourth-order valence-corrected chi connectivity index (χ4v) is 4.31. The van der Waals surface area contributed by atoms with Crippen LogP contribution in [0.25, 0.3) is 21.9 Å². The zero-order valence-corrected chi connectivity index (χ0v) is 20.7. The molecular weight excluding hydrogens is 450 g/mol. The van der Waals surface area contributed by atoms with Crippen molar-refractivity contribution in [2.24, 2.45) is 0 Å². The molecule has 0 spiro atoms. The van der Waals surface area contributed by atoms with E-state index >= 15 is 0 Å². The van der Waals surface area contributed by atoms with Gasteiger partial charge < -0.3 is 19.9 Å². The van der Waals surface area contributed by atoms with E-state index in [1.165, 1.54) is 0 Å². The Hall–Kier alpha value is -3.90. The van der Waals surface area contributed by atoms with Crippen LogP contribution in [0, 0.1) is 6.92 Å². The highest BCUT2D eigenvalue weighted by molar-refractivity contribution is 5.96. The van der Waals surface area contributed by atoms with E-state index in [0.29, 0.717) is 30.1 Å². The summed E-state index contributed by atoms with van der Waals surface area (Å²) >= 11 is 0. The maximum atomic E-state index is 13.2. The molecular formula is C30H31N3O3. The Balaban J connectivity index is 1.37. The Morgan fingerprint density at radius 2 is 1.83 bits per heavy atom. The molecule has 0 bridgehead atoms. The van der Waals surface area contributed by atoms with Gasteiger partial charge in [0, 0.05) is 29.7 Å². The molecule has 1 fully saturated rings. The second-order valence-corrected chi connectivity index (χ2v) is 9.42. The number of ether oxygens (including phenoxy) is 1. The van der Waals surface area contributed by atoms with Crippen molar-refractivity contribution in [3.8, 4) is 16.9 Å². The number of nitrogens with one attached hydrogen (secondary N) is 2. The van der Waals surface area contributed by atoms with E-state index in [1.807, 2.05) is 86.9 Å². The van der Waals surface area contributed by atoms with Crippen molar-refractivity contribution in [2.45, 2.75) is 32.4 Å². The first-order valence-corrected chi connectivity index (χ1v) is 12.4. The van der Waals surface area contributed by atoms with Crippen LogP contribution in [0.15, 0.2) is 77.7 Å². The molecule has 0 atom stereocenters. The van der Waals surface area contributed by atoms with Crippen LogP contribution >= 0.6 is 0 Å². The van der Waals surface area contributed by atoms with E-state index in [0.717, 1.165) is 52.8 Å². The van der Waals surface area contributed by atoms with Crippen molar-refractivity contribution >= 4 is 16.7 Å². The van der Waals surface area contributed by atoms with Crippen LogP contribution in [0.1, 0.15) is 34.3 Å². The summed E-state index contributed by atoms with van der Waals surface area (Å²) in [7, 11) is 1.89. The number of hydrogen-bond donors (Lipinski definition) is 2. The first-order chi connectivity index (χ1) is 17.5. The molecule has 1 aliphatic carbocycles. The van der Waals surface area contributed by atoms with Gasteiger partial charge in [0.2, 0.25) is 0 Å². The Kier molecular flexibility index (Phi) is 6.87. The summed E-state index contributed by atoms with van der Waals surface area (Å²) in [6, 6.07) is 21.8. The average Bonchev–Trinajstić information content (AvgIpc) is 3.71. The van der Waals surface area contributed by atoms with E-state index in [2.05, 4.69) is 10.6 Å². The minimum atomic E-state index is -0.0278. The van der Waals surface area contributed by atoms with Crippen LogP contribution in [0.3, 0.4) is 0 Å². The number of fused-ring (bicyclic) bond motifs is 1. The molecule has 6 nitrogen and oxygen atoms in total. The van der Waals surface area contributed by atoms with Crippen LogP contribution in [-0.2, 0) is 6.54 Å². The molecule has 36 heavy (non-hydrogen) atoms. The van der Waals surface area contributed by atoms with Crippen molar-refractivity contribution in [2.75, 3.05) is 20.2 Å². The summed E-state index contributed by atoms with van der Waals surface area (Å²) < 4.78 is 7.40. The number of amides is 1. The quantitative estimate of drug-likeness (QED) is 0.345. The molecule has 1 amide bonds. The van der Waals surface area contributed by atoms with Gasteiger partial charge in [0.25, 0.3) is 11.5 Å². The number of aromatic nitrogens is 1. The number of nitrogens with zero attached hydrogens (tertiary/aromatic N) is 1. The zero-order chi connectivity index (χ0) is 25.1. The summed E-state index contributed by atoms with van der Waals surface area (Å²) in [4.78, 5) is 25.8. The Bertz CT molecular complexity index is 1450. The van der Waals surface area contributed by atoms with Crippen LogP contribution < -0.4 is 20.9 Å². The molecule has 2 N–H and O–H groups in total. The zero-order valence-electron chi connectivity index (χ0n) is 20.7. The Morgan fingerprint density at radius 1 is 1.03 bits per heavy atom. The second-order valence-electron chi connectivity index (χ2n) is 9.42. The molecule has 4 aromatic rings. The number of pyridine rings is 1. The van der Waals surface area contributed by atoms with Gasteiger partial charge in [0.15, 0.2) is 0 Å². The Labute approximate surface area is 210 Å². The number of carbonyl (C=O) groups is 1. The highest BCUT2D eigenvalue weighted by atomic mass is 16.5. The number of rotatable bonds is 9. The molecule has 5 rings (SSSR count). The number of aryl methyl sites for hydroxylation is 1. The third-order valence-electron chi connectivity index (χ3n) is 6.60. The smallest absolute Gasteiger partial charge is 0.258 e.